The van der Waals surface area contributed by atoms with Crippen molar-refractivity contribution in [1.82, 2.24) is 5.32 Å². The summed E-state index contributed by atoms with van der Waals surface area (Å²) in [5.74, 6) is 0.0705. The molecule has 1 saturated heterocycles. The first-order chi connectivity index (χ1) is 9.04. The zero-order valence-electron chi connectivity index (χ0n) is 11.3. The largest absolute Gasteiger partial charge is 0.357 e. The van der Waals surface area contributed by atoms with Crippen molar-refractivity contribution in [3.8, 4) is 0 Å². The van der Waals surface area contributed by atoms with Crippen LogP contribution in [0.4, 0.5) is 5.69 Å². The third kappa shape index (κ3) is 2.85. The lowest BCUT2D eigenvalue weighted by atomic mass is 10.1. The summed E-state index contributed by atoms with van der Waals surface area (Å²) in [7, 11) is 0. The molecule has 5 heteroatoms. The van der Waals surface area contributed by atoms with E-state index < -0.39 is 0 Å². The molecule has 104 valence electrons. The standard InChI is InChI=1S/C14H20ClN3O/c1-3-12-14(19)17-6-7-18(12)13-5-4-10(9(2)16)8-11(13)15/h4-5,8-9,12H,3,6-7,16H2,1-2H3,(H,17,19)/t9-,12?/m0/s1. The van der Waals surface area contributed by atoms with Crippen LogP contribution in [0.25, 0.3) is 0 Å². The normalized spacial score (nSPS) is 21.2. The van der Waals surface area contributed by atoms with Crippen LogP contribution in [0, 0.1) is 0 Å². The predicted molar refractivity (Wildman–Crippen MR) is 78.5 cm³/mol. The molecule has 2 rings (SSSR count). The van der Waals surface area contributed by atoms with Crippen LogP contribution in [-0.2, 0) is 4.79 Å². The van der Waals surface area contributed by atoms with Gasteiger partial charge in [-0.25, -0.2) is 0 Å². The lowest BCUT2D eigenvalue weighted by molar-refractivity contribution is -0.123. The minimum atomic E-state index is -0.146. The van der Waals surface area contributed by atoms with Gasteiger partial charge in [0.25, 0.3) is 0 Å². The van der Waals surface area contributed by atoms with Gasteiger partial charge in [0.2, 0.25) is 5.91 Å². The van der Waals surface area contributed by atoms with E-state index in [9.17, 15) is 4.79 Å². The van der Waals surface area contributed by atoms with E-state index in [4.69, 9.17) is 17.3 Å². The summed E-state index contributed by atoms with van der Waals surface area (Å²) in [6.07, 6.45) is 0.761. The van der Waals surface area contributed by atoms with Crippen molar-refractivity contribution in [3.05, 3.63) is 28.8 Å². The van der Waals surface area contributed by atoms with Gasteiger partial charge in [-0.15, -0.1) is 0 Å². The zero-order chi connectivity index (χ0) is 14.0. The van der Waals surface area contributed by atoms with Gasteiger partial charge in [0.1, 0.15) is 6.04 Å². The van der Waals surface area contributed by atoms with Crippen LogP contribution in [0.15, 0.2) is 18.2 Å². The Hall–Kier alpha value is -1.26. The predicted octanol–water partition coefficient (Wildman–Crippen LogP) is 2.07. The maximum Gasteiger partial charge on any atom is 0.242 e. The molecule has 1 aromatic carbocycles. The Balaban J connectivity index is 2.32. The lowest BCUT2D eigenvalue weighted by Crippen LogP contribution is -2.55. The summed E-state index contributed by atoms with van der Waals surface area (Å²) >= 11 is 6.35. The molecule has 0 saturated carbocycles. The number of nitrogens with zero attached hydrogens (tertiary/aromatic N) is 1. The summed E-state index contributed by atoms with van der Waals surface area (Å²) in [5.41, 5.74) is 7.76. The summed E-state index contributed by atoms with van der Waals surface area (Å²) in [6, 6.07) is 5.64. The number of carbonyl (C=O) groups is 1. The molecule has 1 aromatic rings. The first kappa shape index (κ1) is 14.2. The van der Waals surface area contributed by atoms with Crippen molar-refractivity contribution in [2.45, 2.75) is 32.4 Å². The second kappa shape index (κ2) is 5.80. The molecule has 0 aromatic heterocycles. The molecule has 0 aliphatic carbocycles. The van der Waals surface area contributed by atoms with Gasteiger partial charge in [-0.1, -0.05) is 24.6 Å². The van der Waals surface area contributed by atoms with Crippen molar-refractivity contribution in [2.75, 3.05) is 18.0 Å². The van der Waals surface area contributed by atoms with Gasteiger partial charge >= 0.3 is 0 Å². The number of halogens is 1. The van der Waals surface area contributed by atoms with E-state index in [1.165, 1.54) is 0 Å². The molecule has 0 spiro atoms. The number of benzene rings is 1. The molecule has 0 bridgehead atoms. The van der Waals surface area contributed by atoms with Gasteiger partial charge in [0.05, 0.1) is 10.7 Å². The molecule has 1 aliphatic heterocycles. The number of anilines is 1. The number of hydrogen-bond donors (Lipinski definition) is 2. The van der Waals surface area contributed by atoms with Crippen LogP contribution in [-0.4, -0.2) is 25.0 Å². The fourth-order valence-corrected chi connectivity index (χ4v) is 2.75. The number of amides is 1. The van der Waals surface area contributed by atoms with Crippen LogP contribution >= 0.6 is 11.6 Å². The third-order valence-electron chi connectivity index (χ3n) is 3.52. The average Bonchev–Trinajstić information content (AvgIpc) is 2.38. The fourth-order valence-electron chi connectivity index (χ4n) is 2.45. The van der Waals surface area contributed by atoms with Crippen molar-refractivity contribution >= 4 is 23.2 Å². The average molecular weight is 282 g/mol. The summed E-state index contributed by atoms with van der Waals surface area (Å²) in [6.45, 7) is 5.36. The number of rotatable bonds is 3. The monoisotopic (exact) mass is 281 g/mol. The Kier molecular flexibility index (Phi) is 4.32. The van der Waals surface area contributed by atoms with Gasteiger partial charge < -0.3 is 16.0 Å². The van der Waals surface area contributed by atoms with E-state index >= 15 is 0 Å². The lowest BCUT2D eigenvalue weighted by Gasteiger charge is -2.37. The van der Waals surface area contributed by atoms with Gasteiger partial charge in [0.15, 0.2) is 0 Å². The molecule has 1 fully saturated rings. The van der Waals surface area contributed by atoms with Crippen molar-refractivity contribution in [1.29, 1.82) is 0 Å². The highest BCUT2D eigenvalue weighted by Crippen LogP contribution is 2.31. The van der Waals surface area contributed by atoms with E-state index in [0.29, 0.717) is 11.6 Å². The highest BCUT2D eigenvalue weighted by molar-refractivity contribution is 6.33. The SMILES string of the molecule is CCC1C(=O)NCCN1c1ccc([C@H](C)N)cc1Cl. The second-order valence-electron chi connectivity index (χ2n) is 4.91. The number of nitrogens with two attached hydrogens (primary N) is 1. The van der Waals surface area contributed by atoms with E-state index in [-0.39, 0.29) is 18.0 Å². The number of carbonyl (C=O) groups excluding carboxylic acids is 1. The highest BCUT2D eigenvalue weighted by Gasteiger charge is 2.29. The molecule has 0 radical (unpaired) electrons. The summed E-state index contributed by atoms with van der Waals surface area (Å²) in [4.78, 5) is 14.0. The molecule has 2 atom stereocenters. The maximum absolute atomic E-state index is 11.9. The van der Waals surface area contributed by atoms with Gasteiger partial charge in [-0.3, -0.25) is 4.79 Å². The molecular formula is C14H20ClN3O. The second-order valence-corrected chi connectivity index (χ2v) is 5.32. The van der Waals surface area contributed by atoms with Crippen LogP contribution in [0.1, 0.15) is 31.9 Å². The number of hydrogen-bond acceptors (Lipinski definition) is 3. The van der Waals surface area contributed by atoms with Crippen LogP contribution < -0.4 is 16.0 Å². The Morgan fingerprint density at radius 3 is 2.89 bits per heavy atom. The topological polar surface area (TPSA) is 58.4 Å². The first-order valence-electron chi connectivity index (χ1n) is 6.64. The number of piperazine rings is 1. The van der Waals surface area contributed by atoms with Gasteiger partial charge in [-0.05, 0) is 31.0 Å². The van der Waals surface area contributed by atoms with Crippen LogP contribution in [0.3, 0.4) is 0 Å². The maximum atomic E-state index is 11.9. The van der Waals surface area contributed by atoms with E-state index in [0.717, 1.165) is 24.2 Å². The van der Waals surface area contributed by atoms with Crippen molar-refractivity contribution in [3.63, 3.8) is 0 Å². The minimum absolute atomic E-state index is 0.0434. The van der Waals surface area contributed by atoms with E-state index in [1.807, 2.05) is 32.0 Å². The Morgan fingerprint density at radius 1 is 1.58 bits per heavy atom. The minimum Gasteiger partial charge on any atom is -0.357 e. The van der Waals surface area contributed by atoms with Gasteiger partial charge in [0, 0.05) is 19.1 Å². The van der Waals surface area contributed by atoms with Crippen LogP contribution in [0.2, 0.25) is 5.02 Å². The van der Waals surface area contributed by atoms with Gasteiger partial charge in [-0.2, -0.15) is 0 Å². The highest BCUT2D eigenvalue weighted by atomic mass is 35.5. The van der Waals surface area contributed by atoms with Crippen LogP contribution in [0.5, 0.6) is 0 Å². The van der Waals surface area contributed by atoms with E-state index in [1.54, 1.807) is 0 Å². The molecule has 1 aliphatic rings. The Bertz CT molecular complexity index is 476. The summed E-state index contributed by atoms with van der Waals surface area (Å²) < 4.78 is 0. The molecule has 1 heterocycles. The zero-order valence-corrected chi connectivity index (χ0v) is 12.1. The first-order valence-corrected chi connectivity index (χ1v) is 7.01. The third-order valence-corrected chi connectivity index (χ3v) is 3.83. The molecule has 4 nitrogen and oxygen atoms in total. The molecular weight excluding hydrogens is 262 g/mol. The molecule has 1 unspecified atom stereocenters. The Morgan fingerprint density at radius 2 is 2.32 bits per heavy atom. The number of nitrogens with one attached hydrogen (secondary N) is 1. The smallest absolute Gasteiger partial charge is 0.242 e. The molecule has 3 N–H and O–H groups in total. The quantitative estimate of drug-likeness (QED) is 0.892. The summed E-state index contributed by atoms with van der Waals surface area (Å²) in [5, 5.41) is 3.54. The fraction of sp³-hybridized carbons (Fsp3) is 0.500. The Labute approximate surface area is 118 Å². The van der Waals surface area contributed by atoms with Crippen molar-refractivity contribution < 1.29 is 4.79 Å². The van der Waals surface area contributed by atoms with E-state index in [2.05, 4.69) is 10.2 Å². The molecule has 19 heavy (non-hydrogen) atoms. The molecule has 1 amide bonds. The van der Waals surface area contributed by atoms with Crippen molar-refractivity contribution in [2.24, 2.45) is 5.73 Å².